The van der Waals surface area contributed by atoms with Crippen LogP contribution in [0, 0.1) is 0 Å². The summed E-state index contributed by atoms with van der Waals surface area (Å²) in [5.41, 5.74) is 6.27. The first-order chi connectivity index (χ1) is 20.5. The van der Waals surface area contributed by atoms with Gasteiger partial charge < -0.3 is 34.5 Å². The number of hydrogen-bond acceptors (Lipinski definition) is 8. The first-order valence-electron chi connectivity index (χ1n) is 14.3. The van der Waals surface area contributed by atoms with Crippen LogP contribution in [0.4, 0.5) is 23.0 Å². The number of amides is 1. The Morgan fingerprint density at radius 2 is 2.00 bits per heavy atom. The minimum Gasteiger partial charge on any atom is -0.494 e. The highest BCUT2D eigenvalue weighted by molar-refractivity contribution is 6.02. The van der Waals surface area contributed by atoms with E-state index in [4.69, 9.17) is 14.5 Å². The van der Waals surface area contributed by atoms with E-state index in [0.29, 0.717) is 36.3 Å². The lowest BCUT2D eigenvalue weighted by Crippen LogP contribution is -2.33. The molecular formula is C32H39N7O3. The third kappa shape index (κ3) is 5.95. The van der Waals surface area contributed by atoms with E-state index < -0.39 is 0 Å². The molecule has 0 saturated heterocycles. The van der Waals surface area contributed by atoms with Crippen LogP contribution in [0.5, 0.6) is 5.75 Å². The summed E-state index contributed by atoms with van der Waals surface area (Å²) in [4.78, 5) is 26.3. The molecule has 0 spiro atoms. The zero-order valence-electron chi connectivity index (χ0n) is 24.8. The summed E-state index contributed by atoms with van der Waals surface area (Å²) in [5.74, 6) is 0.732. The van der Waals surface area contributed by atoms with Crippen molar-refractivity contribution < 1.29 is 14.3 Å². The molecule has 5 rings (SSSR count). The third-order valence-corrected chi connectivity index (χ3v) is 7.71. The lowest BCUT2D eigenvalue weighted by atomic mass is 10.1. The summed E-state index contributed by atoms with van der Waals surface area (Å²) in [7, 11) is 3.72. The number of hydrogen-bond donors (Lipinski definition) is 2. The van der Waals surface area contributed by atoms with E-state index in [1.54, 1.807) is 13.3 Å². The van der Waals surface area contributed by atoms with Gasteiger partial charge in [-0.3, -0.25) is 4.79 Å². The molecule has 1 aliphatic rings. The number of aromatic nitrogens is 3. The Morgan fingerprint density at radius 1 is 1.17 bits per heavy atom. The second-order valence-electron chi connectivity index (χ2n) is 10.2. The van der Waals surface area contributed by atoms with Crippen LogP contribution in [0.3, 0.4) is 0 Å². The fourth-order valence-corrected chi connectivity index (χ4v) is 5.33. The number of fused-ring (bicyclic) bond motifs is 3. The Bertz CT molecular complexity index is 1580. The smallest absolute Gasteiger partial charge is 0.247 e. The van der Waals surface area contributed by atoms with Crippen LogP contribution in [0.25, 0.3) is 22.2 Å². The minimum atomic E-state index is -0.292. The maximum atomic E-state index is 12.4. The molecule has 0 fully saturated rings. The topological polar surface area (TPSA) is 96.8 Å². The monoisotopic (exact) mass is 569 g/mol. The molecule has 2 aromatic carbocycles. The van der Waals surface area contributed by atoms with Crippen molar-refractivity contribution in [2.75, 3.05) is 62.5 Å². The van der Waals surface area contributed by atoms with Gasteiger partial charge in [0.2, 0.25) is 11.9 Å². The number of methoxy groups -OCH3 is 1. The van der Waals surface area contributed by atoms with Gasteiger partial charge in [0.15, 0.2) is 0 Å². The van der Waals surface area contributed by atoms with Crippen molar-refractivity contribution in [3.63, 3.8) is 0 Å². The molecule has 0 atom stereocenters. The molecular weight excluding hydrogens is 530 g/mol. The number of ether oxygens (including phenoxy) is 2. The van der Waals surface area contributed by atoms with Crippen molar-refractivity contribution >= 4 is 39.8 Å². The maximum absolute atomic E-state index is 12.4. The van der Waals surface area contributed by atoms with Crippen molar-refractivity contribution in [1.82, 2.24) is 19.4 Å². The molecule has 2 aromatic heterocycles. The Balaban J connectivity index is 1.53. The number of carbonyl (C=O) groups is 1. The van der Waals surface area contributed by atoms with E-state index in [2.05, 4.69) is 75.7 Å². The largest absolute Gasteiger partial charge is 0.494 e. The van der Waals surface area contributed by atoms with Crippen LogP contribution < -0.4 is 20.3 Å². The Kier molecular flexibility index (Phi) is 9.04. The second-order valence-corrected chi connectivity index (χ2v) is 10.2. The fraction of sp³-hybridized carbons (Fsp3) is 0.344. The lowest BCUT2D eigenvalue weighted by molar-refractivity contribution is -0.111. The number of likely N-dealkylation sites (N-methyl/N-ethyl adjacent to an activating group) is 2. The summed E-state index contributed by atoms with van der Waals surface area (Å²) < 4.78 is 14.0. The van der Waals surface area contributed by atoms with Gasteiger partial charge >= 0.3 is 0 Å². The van der Waals surface area contributed by atoms with Gasteiger partial charge in [-0.1, -0.05) is 31.7 Å². The lowest BCUT2D eigenvalue weighted by Gasteiger charge is -2.29. The van der Waals surface area contributed by atoms with E-state index in [0.717, 1.165) is 60.7 Å². The molecule has 0 aliphatic carbocycles. The Labute approximate surface area is 247 Å². The van der Waals surface area contributed by atoms with Crippen LogP contribution in [-0.2, 0) is 22.7 Å². The van der Waals surface area contributed by atoms with Crippen LogP contribution in [-0.4, -0.2) is 72.3 Å². The summed E-state index contributed by atoms with van der Waals surface area (Å²) in [6.07, 6.45) is 3.01. The number of nitrogens with one attached hydrogen (secondary N) is 2. The van der Waals surface area contributed by atoms with Gasteiger partial charge in [-0.05, 0) is 44.8 Å². The fourth-order valence-electron chi connectivity index (χ4n) is 5.33. The van der Waals surface area contributed by atoms with E-state index in [1.165, 1.54) is 11.6 Å². The number of para-hydroxylation sites is 1. The predicted molar refractivity (Wildman–Crippen MR) is 169 cm³/mol. The molecule has 42 heavy (non-hydrogen) atoms. The van der Waals surface area contributed by atoms with Crippen LogP contribution in [0.2, 0.25) is 0 Å². The highest BCUT2D eigenvalue weighted by Gasteiger charge is 2.23. The number of anilines is 4. The SMILES string of the molecule is C=CC(=O)Nc1cc(Nc2nccc(-c3c4n(c5ccccc35)CCOC4)n2)c(OC)cc1N(CC)CCN(C)CC. The van der Waals surface area contributed by atoms with E-state index in [1.807, 2.05) is 24.3 Å². The molecule has 0 unspecified atom stereocenters. The van der Waals surface area contributed by atoms with Crippen LogP contribution in [0.15, 0.2) is 61.3 Å². The Hall–Kier alpha value is -4.41. The number of rotatable bonds is 12. The summed E-state index contributed by atoms with van der Waals surface area (Å²) in [5, 5.41) is 7.45. The average Bonchev–Trinajstić information content (AvgIpc) is 3.36. The normalized spacial score (nSPS) is 12.7. The number of carbonyl (C=O) groups excluding carboxylic acids is 1. The van der Waals surface area contributed by atoms with Crippen LogP contribution >= 0.6 is 0 Å². The quantitative estimate of drug-likeness (QED) is 0.223. The van der Waals surface area contributed by atoms with Gasteiger partial charge in [-0.2, -0.15) is 0 Å². The van der Waals surface area contributed by atoms with Gasteiger partial charge in [0.05, 0.1) is 48.8 Å². The first-order valence-corrected chi connectivity index (χ1v) is 14.3. The molecule has 10 heteroatoms. The standard InChI is InChI=1S/C32H39N7O3/c1-6-30(40)34-24-19-25(29(41-5)20-27(24)38(8-3)16-15-37(4)7-2)36-32-33-14-13-23(35-32)31-22-11-9-10-12-26(22)39-17-18-42-21-28(31)39/h6,9-14,19-20H,1,7-8,15-18,21H2,2-5H3,(H,34,40)(H,33,35,36). The molecule has 0 radical (unpaired) electrons. The zero-order valence-corrected chi connectivity index (χ0v) is 24.8. The molecule has 220 valence electrons. The third-order valence-electron chi connectivity index (χ3n) is 7.71. The van der Waals surface area contributed by atoms with E-state index in [-0.39, 0.29) is 5.91 Å². The first kappa shape index (κ1) is 29.1. The van der Waals surface area contributed by atoms with Crippen molar-refractivity contribution in [3.05, 3.63) is 67.0 Å². The van der Waals surface area contributed by atoms with Gasteiger partial charge in [0.25, 0.3) is 0 Å². The van der Waals surface area contributed by atoms with Gasteiger partial charge in [-0.25, -0.2) is 9.97 Å². The maximum Gasteiger partial charge on any atom is 0.247 e. The van der Waals surface area contributed by atoms with Gasteiger partial charge in [-0.15, -0.1) is 0 Å². The minimum absolute atomic E-state index is 0.292. The highest BCUT2D eigenvalue weighted by Crippen LogP contribution is 2.39. The predicted octanol–water partition coefficient (Wildman–Crippen LogP) is 5.28. The molecule has 3 heterocycles. The van der Waals surface area contributed by atoms with Gasteiger partial charge in [0.1, 0.15) is 5.75 Å². The van der Waals surface area contributed by atoms with Crippen molar-refractivity contribution in [2.45, 2.75) is 27.0 Å². The molecule has 2 N–H and O–H groups in total. The summed E-state index contributed by atoms with van der Waals surface area (Å²) in [6, 6.07) is 14.1. The molecule has 0 bridgehead atoms. The average molecular weight is 570 g/mol. The molecule has 1 aliphatic heterocycles. The van der Waals surface area contributed by atoms with E-state index >= 15 is 0 Å². The number of nitrogens with zero attached hydrogens (tertiary/aromatic N) is 5. The molecule has 0 saturated carbocycles. The molecule has 1 amide bonds. The van der Waals surface area contributed by atoms with Crippen LogP contribution in [0.1, 0.15) is 19.5 Å². The van der Waals surface area contributed by atoms with Crippen molar-refractivity contribution in [2.24, 2.45) is 0 Å². The van der Waals surface area contributed by atoms with Crippen molar-refractivity contribution in [1.29, 1.82) is 0 Å². The second kappa shape index (κ2) is 13.1. The molecule has 4 aromatic rings. The van der Waals surface area contributed by atoms with E-state index in [9.17, 15) is 4.79 Å². The Morgan fingerprint density at radius 3 is 2.76 bits per heavy atom. The summed E-state index contributed by atoms with van der Waals surface area (Å²) >= 11 is 0. The molecule has 10 nitrogen and oxygen atoms in total. The summed E-state index contributed by atoms with van der Waals surface area (Å²) in [6.45, 7) is 13.3. The number of benzene rings is 2. The van der Waals surface area contributed by atoms with Gasteiger partial charge in [0, 0.05) is 54.9 Å². The zero-order chi connectivity index (χ0) is 29.6. The highest BCUT2D eigenvalue weighted by atomic mass is 16.5. The van der Waals surface area contributed by atoms with Crippen molar-refractivity contribution in [3.8, 4) is 17.0 Å².